The van der Waals surface area contributed by atoms with Gasteiger partial charge in [-0.1, -0.05) is 41.4 Å². The van der Waals surface area contributed by atoms with Crippen LogP contribution in [-0.2, 0) is 20.1 Å². The first-order chi connectivity index (χ1) is 14.4. The van der Waals surface area contributed by atoms with Gasteiger partial charge in [0.05, 0.1) is 6.54 Å². The van der Waals surface area contributed by atoms with Crippen molar-refractivity contribution in [3.63, 3.8) is 0 Å². The van der Waals surface area contributed by atoms with E-state index in [1.165, 1.54) is 14.7 Å². The van der Waals surface area contributed by atoms with Crippen LogP contribution in [0.3, 0.4) is 0 Å². The Balaban J connectivity index is 1.66. The quantitative estimate of drug-likeness (QED) is 0.510. The molecule has 5 rings (SSSR count). The minimum atomic E-state index is -0.388. The maximum atomic E-state index is 13.3. The molecule has 0 unspecified atom stereocenters. The fourth-order valence-electron chi connectivity index (χ4n) is 3.96. The Labute approximate surface area is 177 Å². The largest absolute Gasteiger partial charge is 0.332 e. The number of fused-ring (bicyclic) bond motifs is 3. The van der Waals surface area contributed by atoms with Gasteiger partial charge in [-0.15, -0.1) is 0 Å². The highest BCUT2D eigenvalue weighted by Gasteiger charge is 2.28. The van der Waals surface area contributed by atoms with Crippen LogP contribution in [0.15, 0.2) is 58.1 Å². The van der Waals surface area contributed by atoms with Crippen molar-refractivity contribution in [1.29, 1.82) is 0 Å². The van der Waals surface area contributed by atoms with Crippen LogP contribution in [0.2, 0.25) is 5.02 Å². The molecule has 7 nitrogen and oxygen atoms in total. The highest BCUT2D eigenvalue weighted by molar-refractivity contribution is 6.30. The molecule has 0 saturated carbocycles. The third-order valence-electron chi connectivity index (χ3n) is 5.60. The molecule has 0 atom stereocenters. The van der Waals surface area contributed by atoms with Gasteiger partial charge in [0, 0.05) is 30.8 Å². The number of anilines is 2. The summed E-state index contributed by atoms with van der Waals surface area (Å²) in [5, 5.41) is 0.610. The smallest absolute Gasteiger partial charge is 0.310 e. The number of aromatic nitrogens is 4. The van der Waals surface area contributed by atoms with Crippen LogP contribution in [0.5, 0.6) is 0 Å². The number of hydrogen-bond donors (Lipinski definition) is 0. The molecule has 4 aromatic rings. The third kappa shape index (κ3) is 2.85. The van der Waals surface area contributed by atoms with E-state index >= 15 is 0 Å². The summed E-state index contributed by atoms with van der Waals surface area (Å²) in [5.41, 5.74) is 3.17. The summed E-state index contributed by atoms with van der Waals surface area (Å²) in [6, 6.07) is 15.3. The molecule has 0 saturated heterocycles. The third-order valence-corrected chi connectivity index (χ3v) is 5.85. The van der Waals surface area contributed by atoms with Crippen molar-refractivity contribution in [2.45, 2.75) is 20.0 Å². The average Bonchev–Trinajstić information content (AvgIpc) is 3.31. The number of hydrogen-bond acceptors (Lipinski definition) is 4. The molecule has 2 aromatic carbocycles. The Morgan fingerprint density at radius 2 is 1.70 bits per heavy atom. The van der Waals surface area contributed by atoms with E-state index in [0.29, 0.717) is 28.7 Å². The molecule has 0 bridgehead atoms. The molecule has 0 spiro atoms. The van der Waals surface area contributed by atoms with E-state index in [9.17, 15) is 9.59 Å². The van der Waals surface area contributed by atoms with Gasteiger partial charge in [-0.05, 0) is 36.8 Å². The minimum Gasteiger partial charge on any atom is -0.310 e. The number of benzene rings is 2. The molecule has 0 N–H and O–H groups in total. The van der Waals surface area contributed by atoms with Gasteiger partial charge in [0.15, 0.2) is 11.2 Å². The Bertz CT molecular complexity index is 1380. The molecular weight excluding hydrogens is 402 g/mol. The molecule has 3 heterocycles. The van der Waals surface area contributed by atoms with Crippen molar-refractivity contribution in [2.24, 2.45) is 7.05 Å². The van der Waals surface area contributed by atoms with Crippen LogP contribution in [0.4, 0.5) is 11.6 Å². The first-order valence-corrected chi connectivity index (χ1v) is 10.1. The van der Waals surface area contributed by atoms with Gasteiger partial charge < -0.3 is 9.47 Å². The second kappa shape index (κ2) is 6.88. The van der Waals surface area contributed by atoms with E-state index in [1.807, 2.05) is 35.8 Å². The van der Waals surface area contributed by atoms with Crippen LogP contribution < -0.4 is 16.1 Å². The summed E-state index contributed by atoms with van der Waals surface area (Å²) in [6.45, 7) is 3.58. The van der Waals surface area contributed by atoms with Crippen LogP contribution >= 0.6 is 11.6 Å². The molecule has 1 aliphatic rings. The highest BCUT2D eigenvalue weighted by Crippen LogP contribution is 2.31. The molecule has 152 valence electrons. The molecule has 0 aliphatic carbocycles. The minimum absolute atomic E-state index is 0.181. The summed E-state index contributed by atoms with van der Waals surface area (Å²) in [7, 11) is 1.65. The maximum Gasteiger partial charge on any atom is 0.332 e. The summed E-state index contributed by atoms with van der Waals surface area (Å²) in [4.78, 5) is 33.0. The molecule has 0 amide bonds. The first-order valence-electron chi connectivity index (χ1n) is 9.73. The van der Waals surface area contributed by atoms with Gasteiger partial charge in [0.25, 0.3) is 5.56 Å². The summed E-state index contributed by atoms with van der Waals surface area (Å²) >= 11 is 5.95. The Morgan fingerprint density at radius 1 is 1.00 bits per heavy atom. The topological polar surface area (TPSA) is 65.1 Å². The molecule has 8 heteroatoms. The zero-order valence-electron chi connectivity index (χ0n) is 16.7. The second-order valence-corrected chi connectivity index (χ2v) is 8.02. The lowest BCUT2D eigenvalue weighted by Gasteiger charge is -2.16. The second-order valence-electron chi connectivity index (χ2n) is 7.58. The zero-order valence-corrected chi connectivity index (χ0v) is 17.4. The molecule has 30 heavy (non-hydrogen) atoms. The van der Waals surface area contributed by atoms with Gasteiger partial charge in [-0.2, -0.15) is 4.98 Å². The number of halogens is 1. The predicted molar refractivity (Wildman–Crippen MR) is 118 cm³/mol. The van der Waals surface area contributed by atoms with Crippen LogP contribution in [-0.4, -0.2) is 25.2 Å². The summed E-state index contributed by atoms with van der Waals surface area (Å²) in [5.74, 6) is 0.685. The lowest BCUT2D eigenvalue weighted by Crippen LogP contribution is -2.40. The molecule has 1 aliphatic heterocycles. The van der Waals surface area contributed by atoms with E-state index in [-0.39, 0.29) is 17.8 Å². The van der Waals surface area contributed by atoms with E-state index in [1.54, 1.807) is 19.2 Å². The lowest BCUT2D eigenvalue weighted by molar-refractivity contribution is 0.652. The van der Waals surface area contributed by atoms with Crippen molar-refractivity contribution in [3.8, 4) is 0 Å². The van der Waals surface area contributed by atoms with Gasteiger partial charge in [0.1, 0.15) is 0 Å². The van der Waals surface area contributed by atoms with Gasteiger partial charge >= 0.3 is 5.69 Å². The fraction of sp³-hybridized carbons (Fsp3) is 0.227. The number of aryl methyl sites for hydroxylation is 2. The van der Waals surface area contributed by atoms with Crippen LogP contribution in [0.1, 0.15) is 11.1 Å². The first kappa shape index (κ1) is 18.7. The number of imidazole rings is 1. The average molecular weight is 422 g/mol. The van der Waals surface area contributed by atoms with Crippen molar-refractivity contribution in [3.05, 3.63) is 85.5 Å². The Kier molecular flexibility index (Phi) is 4.29. The van der Waals surface area contributed by atoms with Crippen molar-refractivity contribution < 1.29 is 0 Å². The number of nitrogens with zero attached hydrogens (tertiary/aromatic N) is 5. The molecule has 2 aromatic heterocycles. The monoisotopic (exact) mass is 421 g/mol. The van der Waals surface area contributed by atoms with Crippen molar-refractivity contribution in [1.82, 2.24) is 18.7 Å². The highest BCUT2D eigenvalue weighted by atomic mass is 35.5. The standard InChI is InChI=1S/C22H20ClN5O2/c1-14-3-9-17(10-4-14)26-11-12-27-18-19(24-21(26)27)25(2)22(30)28(20(18)29)13-15-5-7-16(23)8-6-15/h3-10H,11-13H2,1-2H3. The predicted octanol–water partition coefficient (Wildman–Crippen LogP) is 3.06. The fourth-order valence-corrected chi connectivity index (χ4v) is 4.09. The Hall–Kier alpha value is -3.32. The van der Waals surface area contributed by atoms with Gasteiger partial charge in [0.2, 0.25) is 5.95 Å². The van der Waals surface area contributed by atoms with Crippen molar-refractivity contribution in [2.75, 3.05) is 11.4 Å². The van der Waals surface area contributed by atoms with Crippen LogP contribution in [0, 0.1) is 6.92 Å². The normalized spacial score (nSPS) is 13.2. The molecule has 0 radical (unpaired) electrons. The van der Waals surface area contributed by atoms with E-state index < -0.39 is 0 Å². The van der Waals surface area contributed by atoms with E-state index in [2.05, 4.69) is 22.0 Å². The van der Waals surface area contributed by atoms with Crippen LogP contribution in [0.25, 0.3) is 11.2 Å². The van der Waals surface area contributed by atoms with Crippen molar-refractivity contribution >= 4 is 34.4 Å². The van der Waals surface area contributed by atoms with Gasteiger partial charge in [-0.25, -0.2) is 4.79 Å². The van der Waals surface area contributed by atoms with Gasteiger partial charge in [-0.3, -0.25) is 13.9 Å². The molecule has 0 fully saturated rings. The number of rotatable bonds is 3. The summed E-state index contributed by atoms with van der Waals surface area (Å²) < 4.78 is 4.62. The Morgan fingerprint density at radius 3 is 2.40 bits per heavy atom. The zero-order chi connectivity index (χ0) is 21.0. The SMILES string of the molecule is Cc1ccc(N2CCn3c2nc2c3c(=O)n(Cc3ccc(Cl)cc3)c(=O)n2C)cc1. The summed E-state index contributed by atoms with van der Waals surface area (Å²) in [6.07, 6.45) is 0. The maximum absolute atomic E-state index is 13.3. The molecular formula is C22H20ClN5O2. The lowest BCUT2D eigenvalue weighted by atomic mass is 10.2. The van der Waals surface area contributed by atoms with E-state index in [0.717, 1.165) is 17.8 Å². The van der Waals surface area contributed by atoms with E-state index in [4.69, 9.17) is 11.6 Å².